The molecule has 3 rings (SSSR count). The fourth-order valence-corrected chi connectivity index (χ4v) is 2.89. The summed E-state index contributed by atoms with van der Waals surface area (Å²) in [7, 11) is 2.19. The zero-order valence-corrected chi connectivity index (χ0v) is 11.4. The van der Waals surface area contributed by atoms with Crippen LogP contribution in [0.4, 0.5) is 0 Å². The van der Waals surface area contributed by atoms with E-state index in [1.807, 2.05) is 6.07 Å². The summed E-state index contributed by atoms with van der Waals surface area (Å²) >= 11 is 0. The molecule has 4 nitrogen and oxygen atoms in total. The molecule has 4 heteroatoms. The van der Waals surface area contributed by atoms with Crippen molar-refractivity contribution in [2.75, 3.05) is 26.7 Å². The summed E-state index contributed by atoms with van der Waals surface area (Å²) < 4.78 is 5.35. The van der Waals surface area contributed by atoms with Crippen LogP contribution >= 0.6 is 0 Å². The topological polar surface area (TPSA) is 41.3 Å². The minimum atomic E-state index is 0.785. The first-order valence-corrected chi connectivity index (χ1v) is 7.02. The number of nitrogens with zero attached hydrogens (tertiary/aromatic N) is 2. The molecule has 102 valence electrons. The van der Waals surface area contributed by atoms with Crippen molar-refractivity contribution in [2.45, 2.75) is 19.4 Å². The largest absolute Gasteiger partial charge is 0.443 e. The van der Waals surface area contributed by atoms with Gasteiger partial charge in [0, 0.05) is 13.1 Å². The SMILES string of the molecule is CN(Cc1ccc2ncoc2c1)CC1CCCNC1. The Morgan fingerprint density at radius 3 is 3.26 bits per heavy atom. The summed E-state index contributed by atoms with van der Waals surface area (Å²) in [6.45, 7) is 4.46. The van der Waals surface area contributed by atoms with Gasteiger partial charge in [-0.25, -0.2) is 4.98 Å². The third-order valence-electron chi connectivity index (χ3n) is 3.82. The Morgan fingerprint density at radius 1 is 1.47 bits per heavy atom. The van der Waals surface area contributed by atoms with E-state index in [0.717, 1.165) is 36.7 Å². The first kappa shape index (κ1) is 12.6. The van der Waals surface area contributed by atoms with Crippen molar-refractivity contribution in [3.63, 3.8) is 0 Å². The van der Waals surface area contributed by atoms with Crippen molar-refractivity contribution in [1.82, 2.24) is 15.2 Å². The maximum Gasteiger partial charge on any atom is 0.181 e. The standard InChI is InChI=1S/C15H21N3O/c1-18(10-13-3-2-6-16-8-13)9-12-4-5-14-15(7-12)19-11-17-14/h4-5,7,11,13,16H,2-3,6,8-10H2,1H3. The maximum absolute atomic E-state index is 5.35. The number of nitrogens with one attached hydrogen (secondary N) is 1. The fourth-order valence-electron chi connectivity index (χ4n) is 2.89. The van der Waals surface area contributed by atoms with Crippen LogP contribution < -0.4 is 5.32 Å². The quantitative estimate of drug-likeness (QED) is 0.914. The second kappa shape index (κ2) is 5.72. The monoisotopic (exact) mass is 259 g/mol. The second-order valence-electron chi connectivity index (χ2n) is 5.56. The van der Waals surface area contributed by atoms with Crippen molar-refractivity contribution in [2.24, 2.45) is 5.92 Å². The molecular formula is C15H21N3O. The van der Waals surface area contributed by atoms with Gasteiger partial charge in [0.25, 0.3) is 0 Å². The number of fused-ring (bicyclic) bond motifs is 1. The minimum Gasteiger partial charge on any atom is -0.443 e. The first-order valence-electron chi connectivity index (χ1n) is 7.02. The third kappa shape index (κ3) is 3.14. The van der Waals surface area contributed by atoms with Gasteiger partial charge in [-0.1, -0.05) is 6.07 Å². The molecule has 1 saturated heterocycles. The molecule has 0 bridgehead atoms. The van der Waals surface area contributed by atoms with Gasteiger partial charge in [0.1, 0.15) is 5.52 Å². The minimum absolute atomic E-state index is 0.785. The zero-order valence-electron chi connectivity index (χ0n) is 11.4. The number of benzene rings is 1. The first-order chi connectivity index (χ1) is 9.31. The van der Waals surface area contributed by atoms with Gasteiger partial charge in [0.2, 0.25) is 0 Å². The molecule has 2 aromatic rings. The molecule has 1 aromatic heterocycles. The summed E-state index contributed by atoms with van der Waals surface area (Å²) in [4.78, 5) is 6.54. The van der Waals surface area contributed by atoms with Crippen LogP contribution in [0.15, 0.2) is 29.0 Å². The molecule has 0 radical (unpaired) electrons. The predicted octanol–water partition coefficient (Wildman–Crippen LogP) is 2.26. The van der Waals surface area contributed by atoms with Crippen LogP contribution in [0.2, 0.25) is 0 Å². The van der Waals surface area contributed by atoms with E-state index in [1.165, 1.54) is 31.3 Å². The van der Waals surface area contributed by atoms with Crippen molar-refractivity contribution in [3.8, 4) is 0 Å². The van der Waals surface area contributed by atoms with Gasteiger partial charge < -0.3 is 14.6 Å². The van der Waals surface area contributed by atoms with Gasteiger partial charge >= 0.3 is 0 Å². The highest BCUT2D eigenvalue weighted by Gasteiger charge is 2.15. The third-order valence-corrected chi connectivity index (χ3v) is 3.82. The summed E-state index contributed by atoms with van der Waals surface area (Å²) in [6, 6.07) is 6.27. The Morgan fingerprint density at radius 2 is 2.42 bits per heavy atom. The number of aromatic nitrogens is 1. The normalized spacial score (nSPS) is 20.2. The second-order valence-corrected chi connectivity index (χ2v) is 5.56. The Kier molecular flexibility index (Phi) is 3.80. The van der Waals surface area contributed by atoms with Crippen LogP contribution in [-0.4, -0.2) is 36.6 Å². The molecule has 1 fully saturated rings. The molecule has 0 amide bonds. The van der Waals surface area contributed by atoms with E-state index >= 15 is 0 Å². The molecule has 1 aliphatic rings. The molecule has 0 spiro atoms. The number of oxazole rings is 1. The number of rotatable bonds is 4. The van der Waals surface area contributed by atoms with Gasteiger partial charge in [0.05, 0.1) is 0 Å². The summed E-state index contributed by atoms with van der Waals surface area (Å²) in [5, 5.41) is 3.47. The highest BCUT2D eigenvalue weighted by Crippen LogP contribution is 2.17. The maximum atomic E-state index is 5.35. The van der Waals surface area contributed by atoms with E-state index in [9.17, 15) is 0 Å². The highest BCUT2D eigenvalue weighted by molar-refractivity contribution is 5.72. The lowest BCUT2D eigenvalue weighted by Gasteiger charge is -2.27. The lowest BCUT2D eigenvalue weighted by Crippen LogP contribution is -2.36. The van der Waals surface area contributed by atoms with E-state index in [0.29, 0.717) is 0 Å². The van der Waals surface area contributed by atoms with Gasteiger partial charge in [-0.15, -0.1) is 0 Å². The van der Waals surface area contributed by atoms with Crippen LogP contribution in [0.25, 0.3) is 11.1 Å². The zero-order chi connectivity index (χ0) is 13.1. The van der Waals surface area contributed by atoms with Crippen LogP contribution in [0.5, 0.6) is 0 Å². The Labute approximate surface area is 113 Å². The van der Waals surface area contributed by atoms with Gasteiger partial charge in [-0.2, -0.15) is 0 Å². The molecule has 1 N–H and O–H groups in total. The Hall–Kier alpha value is -1.39. The number of hydrogen-bond acceptors (Lipinski definition) is 4. The van der Waals surface area contributed by atoms with Gasteiger partial charge in [-0.05, 0) is 56.6 Å². The van der Waals surface area contributed by atoms with Crippen molar-refractivity contribution in [3.05, 3.63) is 30.2 Å². The highest BCUT2D eigenvalue weighted by atomic mass is 16.3. The number of piperidine rings is 1. The molecule has 0 aliphatic carbocycles. The van der Waals surface area contributed by atoms with Crippen LogP contribution in [0.3, 0.4) is 0 Å². The molecular weight excluding hydrogens is 238 g/mol. The molecule has 1 atom stereocenters. The van der Waals surface area contributed by atoms with E-state index in [4.69, 9.17) is 4.42 Å². The molecule has 1 aromatic carbocycles. The van der Waals surface area contributed by atoms with E-state index in [2.05, 4.69) is 34.4 Å². The summed E-state index contributed by atoms with van der Waals surface area (Å²) in [5.74, 6) is 0.785. The lowest BCUT2D eigenvalue weighted by molar-refractivity contribution is 0.237. The van der Waals surface area contributed by atoms with Crippen LogP contribution in [-0.2, 0) is 6.54 Å². The molecule has 0 saturated carbocycles. The molecule has 1 aliphatic heterocycles. The van der Waals surface area contributed by atoms with E-state index in [1.54, 1.807) is 0 Å². The number of hydrogen-bond donors (Lipinski definition) is 1. The molecule has 19 heavy (non-hydrogen) atoms. The van der Waals surface area contributed by atoms with Gasteiger partial charge in [-0.3, -0.25) is 0 Å². The average molecular weight is 259 g/mol. The predicted molar refractivity (Wildman–Crippen MR) is 75.9 cm³/mol. The fraction of sp³-hybridized carbons (Fsp3) is 0.533. The van der Waals surface area contributed by atoms with Crippen LogP contribution in [0.1, 0.15) is 18.4 Å². The van der Waals surface area contributed by atoms with Crippen LogP contribution in [0, 0.1) is 5.92 Å². The van der Waals surface area contributed by atoms with Crippen molar-refractivity contribution in [1.29, 1.82) is 0 Å². The summed E-state index contributed by atoms with van der Waals surface area (Å²) in [6.07, 6.45) is 4.16. The smallest absolute Gasteiger partial charge is 0.181 e. The van der Waals surface area contributed by atoms with E-state index in [-0.39, 0.29) is 0 Å². The van der Waals surface area contributed by atoms with Crippen molar-refractivity contribution >= 4 is 11.1 Å². The Balaban J connectivity index is 1.59. The average Bonchev–Trinajstić information content (AvgIpc) is 2.87. The van der Waals surface area contributed by atoms with Crippen molar-refractivity contribution < 1.29 is 4.42 Å². The van der Waals surface area contributed by atoms with Gasteiger partial charge in [0.15, 0.2) is 12.0 Å². The molecule has 1 unspecified atom stereocenters. The van der Waals surface area contributed by atoms with E-state index < -0.39 is 0 Å². The Bertz CT molecular complexity index is 531. The lowest BCUT2D eigenvalue weighted by atomic mass is 9.99. The summed E-state index contributed by atoms with van der Waals surface area (Å²) in [5.41, 5.74) is 3.10. The molecule has 2 heterocycles.